The Bertz CT molecular complexity index is 1320. The first kappa shape index (κ1) is 18.1. The lowest BCUT2D eigenvalue weighted by molar-refractivity contribution is 0.0656. The Kier molecular flexibility index (Phi) is 4.13. The van der Waals surface area contributed by atoms with Gasteiger partial charge in [0.1, 0.15) is 5.69 Å². The van der Waals surface area contributed by atoms with Crippen LogP contribution in [0.1, 0.15) is 26.3 Å². The smallest absolute Gasteiger partial charge is 0.263 e. The van der Waals surface area contributed by atoms with Crippen LogP contribution in [-0.2, 0) is 6.42 Å². The monoisotopic (exact) mass is 404 g/mol. The highest BCUT2D eigenvalue weighted by atomic mass is 19.2. The number of fused-ring (bicyclic) bond motifs is 3. The second kappa shape index (κ2) is 6.84. The molecule has 1 aliphatic rings. The molecule has 0 saturated heterocycles. The van der Waals surface area contributed by atoms with E-state index in [2.05, 4.69) is 15.2 Å². The molecule has 8 heteroatoms. The van der Waals surface area contributed by atoms with Gasteiger partial charge in [-0.15, -0.1) is 0 Å². The number of H-pyrrole nitrogens is 1. The minimum absolute atomic E-state index is 0.172. The predicted molar refractivity (Wildman–Crippen MR) is 105 cm³/mol. The van der Waals surface area contributed by atoms with E-state index >= 15 is 0 Å². The number of amides is 2. The fourth-order valence-corrected chi connectivity index (χ4v) is 3.69. The number of nitrogens with zero attached hydrogens (tertiary/aromatic N) is 3. The van der Waals surface area contributed by atoms with Crippen LogP contribution in [0, 0.1) is 11.6 Å². The van der Waals surface area contributed by atoms with Crippen molar-refractivity contribution in [2.75, 3.05) is 6.54 Å². The van der Waals surface area contributed by atoms with E-state index in [1.54, 1.807) is 0 Å². The van der Waals surface area contributed by atoms with Crippen LogP contribution < -0.4 is 0 Å². The van der Waals surface area contributed by atoms with Gasteiger partial charge < -0.3 is 0 Å². The number of aromatic nitrogens is 3. The normalized spacial score (nSPS) is 13.3. The van der Waals surface area contributed by atoms with Gasteiger partial charge in [-0.2, -0.15) is 5.10 Å². The number of nitrogens with one attached hydrogen (secondary N) is 1. The maximum absolute atomic E-state index is 13.7. The van der Waals surface area contributed by atoms with Crippen molar-refractivity contribution in [2.24, 2.45) is 0 Å². The Labute approximate surface area is 169 Å². The third kappa shape index (κ3) is 2.76. The molecule has 0 unspecified atom stereocenters. The predicted octanol–water partition coefficient (Wildman–Crippen LogP) is 3.74. The molecule has 2 aromatic heterocycles. The average molecular weight is 404 g/mol. The van der Waals surface area contributed by atoms with Crippen molar-refractivity contribution in [1.29, 1.82) is 0 Å². The van der Waals surface area contributed by atoms with E-state index in [1.807, 2.05) is 30.3 Å². The molecule has 3 heterocycles. The van der Waals surface area contributed by atoms with Gasteiger partial charge in [-0.1, -0.05) is 30.3 Å². The first-order valence-corrected chi connectivity index (χ1v) is 9.27. The molecule has 4 aromatic rings. The number of rotatable bonds is 4. The minimum atomic E-state index is -1.03. The van der Waals surface area contributed by atoms with Crippen LogP contribution in [0.5, 0.6) is 0 Å². The van der Waals surface area contributed by atoms with Crippen molar-refractivity contribution in [2.45, 2.75) is 6.42 Å². The number of carbonyl (C=O) groups is 2. The number of benzene rings is 2. The van der Waals surface area contributed by atoms with Crippen LogP contribution in [0.15, 0.2) is 54.7 Å². The first-order chi connectivity index (χ1) is 14.5. The molecule has 5 rings (SSSR count). The standard InChI is InChI=1S/C22H14F2N4O2/c23-15-7-6-13(10-16(15)24)19-18-17-14(11-25-20(18)27-26-19)21(29)28(22(17)30)9-8-12-4-2-1-3-5-12/h1-7,10-11H,8-9H2,(H,25,26,27). The lowest BCUT2D eigenvalue weighted by atomic mass is 10.0. The molecule has 2 amide bonds. The Morgan fingerprint density at radius 2 is 1.77 bits per heavy atom. The fourth-order valence-electron chi connectivity index (χ4n) is 3.69. The van der Waals surface area contributed by atoms with Crippen LogP contribution in [-0.4, -0.2) is 38.4 Å². The number of carbonyl (C=O) groups excluding carboxylic acids is 2. The summed E-state index contributed by atoms with van der Waals surface area (Å²) < 4.78 is 27.1. The minimum Gasteiger partial charge on any atom is -0.274 e. The third-order valence-electron chi connectivity index (χ3n) is 5.18. The number of halogens is 2. The summed E-state index contributed by atoms with van der Waals surface area (Å²) in [6.07, 6.45) is 1.86. The van der Waals surface area contributed by atoms with Gasteiger partial charge in [0.2, 0.25) is 0 Å². The van der Waals surface area contributed by atoms with E-state index in [0.717, 1.165) is 17.7 Å². The number of imide groups is 1. The molecule has 1 aliphatic heterocycles. The van der Waals surface area contributed by atoms with Crippen LogP contribution in [0.3, 0.4) is 0 Å². The summed E-state index contributed by atoms with van der Waals surface area (Å²) in [6, 6.07) is 12.9. The zero-order valence-corrected chi connectivity index (χ0v) is 15.5. The maximum Gasteiger partial charge on any atom is 0.263 e. The lowest BCUT2D eigenvalue weighted by Gasteiger charge is -2.13. The SMILES string of the molecule is O=C1c2cnc3[nH]nc(-c4ccc(F)c(F)c4)c3c2C(=O)N1CCc1ccccc1. The molecule has 148 valence electrons. The summed E-state index contributed by atoms with van der Waals surface area (Å²) in [5.41, 5.74) is 2.15. The molecule has 1 N–H and O–H groups in total. The molecule has 0 fully saturated rings. The lowest BCUT2D eigenvalue weighted by Crippen LogP contribution is -2.31. The summed E-state index contributed by atoms with van der Waals surface area (Å²) in [5.74, 6) is -2.90. The van der Waals surface area contributed by atoms with E-state index < -0.39 is 23.4 Å². The number of aromatic amines is 1. The highest BCUT2D eigenvalue weighted by Gasteiger charge is 2.38. The van der Waals surface area contributed by atoms with E-state index in [-0.39, 0.29) is 28.9 Å². The van der Waals surface area contributed by atoms with Crippen molar-refractivity contribution >= 4 is 22.8 Å². The third-order valence-corrected chi connectivity index (χ3v) is 5.18. The Balaban J connectivity index is 1.57. The maximum atomic E-state index is 13.7. The molecule has 30 heavy (non-hydrogen) atoms. The van der Waals surface area contributed by atoms with Crippen molar-refractivity contribution in [3.63, 3.8) is 0 Å². The molecule has 0 atom stereocenters. The van der Waals surface area contributed by atoms with Gasteiger partial charge in [0, 0.05) is 18.3 Å². The molecular weight excluding hydrogens is 390 g/mol. The van der Waals surface area contributed by atoms with Crippen molar-refractivity contribution in [1.82, 2.24) is 20.1 Å². The summed E-state index contributed by atoms with van der Waals surface area (Å²) in [7, 11) is 0. The number of hydrogen-bond acceptors (Lipinski definition) is 4. The second-order valence-electron chi connectivity index (χ2n) is 6.97. The summed E-state index contributed by atoms with van der Waals surface area (Å²) >= 11 is 0. The van der Waals surface area contributed by atoms with Crippen LogP contribution in [0.2, 0.25) is 0 Å². The van der Waals surface area contributed by atoms with Crippen molar-refractivity contribution in [3.05, 3.63) is 83.1 Å². The number of pyridine rings is 1. The quantitative estimate of drug-likeness (QED) is 0.526. The second-order valence-corrected chi connectivity index (χ2v) is 6.97. The van der Waals surface area contributed by atoms with Gasteiger partial charge in [-0.3, -0.25) is 19.6 Å². The molecule has 0 aliphatic carbocycles. The summed E-state index contributed by atoms with van der Waals surface area (Å²) in [4.78, 5) is 31.4. The van der Waals surface area contributed by atoms with Gasteiger partial charge in [0.05, 0.1) is 16.5 Å². The highest BCUT2D eigenvalue weighted by Crippen LogP contribution is 2.34. The molecule has 0 bridgehead atoms. The van der Waals surface area contributed by atoms with Gasteiger partial charge in [0.25, 0.3) is 11.8 Å². The average Bonchev–Trinajstić information content (AvgIpc) is 3.29. The van der Waals surface area contributed by atoms with Crippen molar-refractivity contribution in [3.8, 4) is 11.3 Å². The highest BCUT2D eigenvalue weighted by molar-refractivity contribution is 6.27. The van der Waals surface area contributed by atoms with Crippen LogP contribution in [0.4, 0.5) is 8.78 Å². The molecule has 6 nitrogen and oxygen atoms in total. The Morgan fingerprint density at radius 1 is 0.967 bits per heavy atom. The van der Waals surface area contributed by atoms with Crippen LogP contribution >= 0.6 is 0 Å². The largest absolute Gasteiger partial charge is 0.274 e. The summed E-state index contributed by atoms with van der Waals surface area (Å²) in [5, 5.41) is 7.15. The summed E-state index contributed by atoms with van der Waals surface area (Å²) in [6.45, 7) is 0.218. The zero-order chi connectivity index (χ0) is 20.8. The Morgan fingerprint density at radius 3 is 2.53 bits per heavy atom. The topological polar surface area (TPSA) is 79.0 Å². The van der Waals surface area contributed by atoms with E-state index in [9.17, 15) is 18.4 Å². The van der Waals surface area contributed by atoms with Crippen molar-refractivity contribution < 1.29 is 18.4 Å². The first-order valence-electron chi connectivity index (χ1n) is 9.27. The van der Waals surface area contributed by atoms with Gasteiger partial charge >= 0.3 is 0 Å². The van der Waals surface area contributed by atoms with E-state index in [1.165, 1.54) is 17.2 Å². The molecule has 0 radical (unpaired) electrons. The number of hydrogen-bond donors (Lipinski definition) is 1. The zero-order valence-electron chi connectivity index (χ0n) is 15.5. The molecule has 0 saturated carbocycles. The molecule has 2 aromatic carbocycles. The van der Waals surface area contributed by atoms with E-state index in [4.69, 9.17) is 0 Å². The van der Waals surface area contributed by atoms with Gasteiger partial charge in [-0.05, 0) is 30.2 Å². The Hall–Kier alpha value is -3.94. The molecular formula is C22H14F2N4O2. The van der Waals surface area contributed by atoms with Crippen LogP contribution in [0.25, 0.3) is 22.3 Å². The van der Waals surface area contributed by atoms with Gasteiger partial charge in [-0.25, -0.2) is 13.8 Å². The van der Waals surface area contributed by atoms with Gasteiger partial charge in [0.15, 0.2) is 17.3 Å². The fraction of sp³-hybridized carbons (Fsp3) is 0.0909. The molecule has 0 spiro atoms. The van der Waals surface area contributed by atoms with E-state index in [0.29, 0.717) is 17.5 Å².